The average molecular weight is 381 g/mol. The Balaban J connectivity index is 1.56. The highest BCUT2D eigenvalue weighted by atomic mass is 16.6. The molecule has 146 valence electrons. The largest absolute Gasteiger partial charge is 0.354 e. The summed E-state index contributed by atoms with van der Waals surface area (Å²) in [5.41, 5.74) is 2.60. The molecule has 0 heterocycles. The van der Waals surface area contributed by atoms with Gasteiger partial charge in [-0.3, -0.25) is 19.7 Å². The quantitative estimate of drug-likeness (QED) is 0.593. The summed E-state index contributed by atoms with van der Waals surface area (Å²) in [5, 5.41) is 16.4. The maximum absolute atomic E-state index is 12.4. The third kappa shape index (κ3) is 4.54. The Labute approximate surface area is 163 Å². The van der Waals surface area contributed by atoms with E-state index in [0.29, 0.717) is 6.54 Å². The molecule has 0 saturated carbocycles. The van der Waals surface area contributed by atoms with Crippen molar-refractivity contribution in [1.29, 1.82) is 0 Å². The lowest BCUT2D eigenvalue weighted by atomic mass is 9.83. The number of hydrogen-bond acceptors (Lipinski definition) is 4. The lowest BCUT2D eigenvalue weighted by Crippen LogP contribution is -2.45. The number of nitrogens with one attached hydrogen (secondary N) is 2. The Morgan fingerprint density at radius 1 is 1.21 bits per heavy atom. The van der Waals surface area contributed by atoms with E-state index in [9.17, 15) is 19.7 Å². The van der Waals surface area contributed by atoms with Crippen molar-refractivity contribution in [2.45, 2.75) is 38.1 Å². The molecule has 3 rings (SSSR count). The first kappa shape index (κ1) is 19.5. The van der Waals surface area contributed by atoms with Gasteiger partial charge in [0.1, 0.15) is 6.04 Å². The van der Waals surface area contributed by atoms with Crippen molar-refractivity contribution < 1.29 is 14.5 Å². The minimum absolute atomic E-state index is 0.148. The van der Waals surface area contributed by atoms with Crippen LogP contribution in [0.25, 0.3) is 0 Å². The van der Waals surface area contributed by atoms with E-state index in [4.69, 9.17) is 0 Å². The molecule has 2 N–H and O–H groups in total. The van der Waals surface area contributed by atoms with Crippen molar-refractivity contribution in [3.8, 4) is 0 Å². The molecule has 0 bridgehead atoms. The van der Waals surface area contributed by atoms with Crippen molar-refractivity contribution >= 4 is 17.5 Å². The summed E-state index contributed by atoms with van der Waals surface area (Å²) in [6, 6.07) is 13.0. The molecule has 2 amide bonds. The second-order valence-corrected chi connectivity index (χ2v) is 7.04. The average Bonchev–Trinajstić information content (AvgIpc) is 2.71. The van der Waals surface area contributed by atoms with E-state index in [1.807, 2.05) is 12.1 Å². The van der Waals surface area contributed by atoms with Crippen LogP contribution < -0.4 is 10.6 Å². The van der Waals surface area contributed by atoms with Gasteiger partial charge >= 0.3 is 0 Å². The summed E-state index contributed by atoms with van der Waals surface area (Å²) in [5.74, 6) is -0.523. The van der Waals surface area contributed by atoms with Crippen LogP contribution in [-0.4, -0.2) is 29.3 Å². The van der Waals surface area contributed by atoms with E-state index in [-0.39, 0.29) is 23.1 Å². The van der Waals surface area contributed by atoms with Crippen LogP contribution in [-0.2, 0) is 11.2 Å². The fourth-order valence-corrected chi connectivity index (χ4v) is 3.55. The van der Waals surface area contributed by atoms with E-state index in [2.05, 4.69) is 22.8 Å². The third-order valence-electron chi connectivity index (χ3n) is 5.08. The second kappa shape index (κ2) is 8.65. The highest BCUT2D eigenvalue weighted by Crippen LogP contribution is 2.30. The van der Waals surface area contributed by atoms with Crippen molar-refractivity contribution in [3.63, 3.8) is 0 Å². The SMILES string of the molecule is CC(NC(=O)c1cccc([N+](=O)[O-])c1)C(=O)NCC1CCCc2ccccc21. The van der Waals surface area contributed by atoms with Gasteiger partial charge in [0, 0.05) is 30.2 Å². The van der Waals surface area contributed by atoms with Gasteiger partial charge in [-0.05, 0) is 43.4 Å². The zero-order valence-corrected chi connectivity index (χ0v) is 15.7. The van der Waals surface area contributed by atoms with E-state index >= 15 is 0 Å². The first-order chi connectivity index (χ1) is 13.5. The predicted molar refractivity (Wildman–Crippen MR) is 105 cm³/mol. The molecule has 0 spiro atoms. The molecule has 1 aliphatic rings. The maximum Gasteiger partial charge on any atom is 0.270 e. The number of nitro benzene ring substituents is 1. The third-order valence-corrected chi connectivity index (χ3v) is 5.08. The van der Waals surface area contributed by atoms with Crippen molar-refractivity contribution in [1.82, 2.24) is 10.6 Å². The fraction of sp³-hybridized carbons (Fsp3) is 0.333. The first-order valence-corrected chi connectivity index (χ1v) is 9.36. The number of amides is 2. The molecular weight excluding hydrogens is 358 g/mol. The van der Waals surface area contributed by atoms with Crippen LogP contribution >= 0.6 is 0 Å². The monoisotopic (exact) mass is 381 g/mol. The standard InChI is InChI=1S/C21H23N3O4/c1-14(23-21(26)16-8-5-10-18(12-16)24(27)28)20(25)22-13-17-9-4-7-15-6-2-3-11-19(15)17/h2-3,5-6,8,10-12,14,17H,4,7,9,13H2,1H3,(H,22,25)(H,23,26). The summed E-state index contributed by atoms with van der Waals surface area (Å²) >= 11 is 0. The van der Waals surface area contributed by atoms with E-state index in [1.165, 1.54) is 35.4 Å². The summed E-state index contributed by atoms with van der Waals surface area (Å²) in [6.45, 7) is 2.12. The molecule has 7 nitrogen and oxygen atoms in total. The molecule has 28 heavy (non-hydrogen) atoms. The number of nitrogens with zero attached hydrogens (tertiary/aromatic N) is 1. The molecule has 0 aliphatic heterocycles. The lowest BCUT2D eigenvalue weighted by molar-refractivity contribution is -0.384. The summed E-state index contributed by atoms with van der Waals surface area (Å²) in [4.78, 5) is 35.0. The molecule has 0 radical (unpaired) electrons. The maximum atomic E-state index is 12.4. The minimum Gasteiger partial charge on any atom is -0.354 e. The first-order valence-electron chi connectivity index (χ1n) is 9.36. The van der Waals surface area contributed by atoms with E-state index in [0.717, 1.165) is 19.3 Å². The van der Waals surface area contributed by atoms with Gasteiger partial charge in [-0.1, -0.05) is 30.3 Å². The Kier molecular flexibility index (Phi) is 6.03. The number of hydrogen-bond donors (Lipinski definition) is 2. The number of carbonyl (C=O) groups excluding carboxylic acids is 2. The summed E-state index contributed by atoms with van der Waals surface area (Å²) < 4.78 is 0. The Hall–Kier alpha value is -3.22. The fourth-order valence-electron chi connectivity index (χ4n) is 3.55. The Morgan fingerprint density at radius 3 is 2.79 bits per heavy atom. The highest BCUT2D eigenvalue weighted by Gasteiger charge is 2.22. The number of carbonyl (C=O) groups is 2. The predicted octanol–water partition coefficient (Wildman–Crippen LogP) is 2.95. The van der Waals surface area contributed by atoms with Crippen LogP contribution in [0.1, 0.15) is 47.2 Å². The van der Waals surface area contributed by atoms with Gasteiger partial charge in [0.15, 0.2) is 0 Å². The normalized spacial score (nSPS) is 16.5. The van der Waals surface area contributed by atoms with Gasteiger partial charge in [0.05, 0.1) is 4.92 Å². The molecule has 7 heteroatoms. The summed E-state index contributed by atoms with van der Waals surface area (Å²) in [6.07, 6.45) is 3.18. The topological polar surface area (TPSA) is 101 Å². The number of rotatable bonds is 6. The van der Waals surface area contributed by atoms with Gasteiger partial charge < -0.3 is 10.6 Å². The molecule has 1 aliphatic carbocycles. The van der Waals surface area contributed by atoms with Gasteiger partial charge in [-0.25, -0.2) is 0 Å². The number of nitro groups is 1. The molecule has 2 atom stereocenters. The smallest absolute Gasteiger partial charge is 0.270 e. The van der Waals surface area contributed by atoms with Crippen molar-refractivity contribution in [3.05, 3.63) is 75.3 Å². The van der Waals surface area contributed by atoms with Crippen molar-refractivity contribution in [2.75, 3.05) is 6.54 Å². The number of non-ortho nitro benzene ring substituents is 1. The highest BCUT2D eigenvalue weighted by molar-refractivity contribution is 5.97. The molecule has 0 aromatic heterocycles. The van der Waals surface area contributed by atoms with Crippen molar-refractivity contribution in [2.24, 2.45) is 0 Å². The second-order valence-electron chi connectivity index (χ2n) is 7.04. The molecule has 0 saturated heterocycles. The van der Waals surface area contributed by atoms with Gasteiger partial charge in [-0.2, -0.15) is 0 Å². The molecule has 2 aromatic rings. The van der Waals surface area contributed by atoms with Gasteiger partial charge in [0.2, 0.25) is 5.91 Å². The lowest BCUT2D eigenvalue weighted by Gasteiger charge is -2.26. The van der Waals surface area contributed by atoms with E-state index < -0.39 is 16.9 Å². The van der Waals surface area contributed by atoms with Crippen LogP contribution in [0, 0.1) is 10.1 Å². The van der Waals surface area contributed by atoms with Gasteiger partial charge in [-0.15, -0.1) is 0 Å². The summed E-state index contributed by atoms with van der Waals surface area (Å²) in [7, 11) is 0. The van der Waals surface area contributed by atoms with Crippen LogP contribution in [0.2, 0.25) is 0 Å². The number of fused-ring (bicyclic) bond motifs is 1. The molecule has 2 aromatic carbocycles. The Bertz CT molecular complexity index is 897. The molecule has 0 fully saturated rings. The van der Waals surface area contributed by atoms with E-state index in [1.54, 1.807) is 6.92 Å². The van der Waals surface area contributed by atoms with Crippen LogP contribution in [0.3, 0.4) is 0 Å². The molecule has 2 unspecified atom stereocenters. The van der Waals surface area contributed by atoms with Gasteiger partial charge in [0.25, 0.3) is 11.6 Å². The van der Waals surface area contributed by atoms with Crippen LogP contribution in [0.5, 0.6) is 0 Å². The Morgan fingerprint density at radius 2 is 2.00 bits per heavy atom. The zero-order chi connectivity index (χ0) is 20.1. The zero-order valence-electron chi connectivity index (χ0n) is 15.7. The number of aryl methyl sites for hydroxylation is 1. The van der Waals surface area contributed by atoms with Crippen LogP contribution in [0.15, 0.2) is 48.5 Å². The number of benzene rings is 2. The molecular formula is C21H23N3O4. The minimum atomic E-state index is -0.745. The van der Waals surface area contributed by atoms with Crippen LogP contribution in [0.4, 0.5) is 5.69 Å².